The fourth-order valence-electron chi connectivity index (χ4n) is 11.4. The van der Waals surface area contributed by atoms with E-state index in [1.54, 1.807) is 0 Å². The Kier molecular flexibility index (Phi) is 6.33. The average Bonchev–Trinajstić information content (AvgIpc) is 3.77. The number of hydrogen-bond donors (Lipinski definition) is 0. The fourth-order valence-corrected chi connectivity index (χ4v) is 11.4. The molecule has 8 aromatic rings. The second kappa shape index (κ2) is 11.1. The van der Waals surface area contributed by atoms with Crippen LogP contribution in [0.2, 0.25) is 0 Å². The van der Waals surface area contributed by atoms with Crippen LogP contribution >= 0.6 is 0 Å². The Balaban J connectivity index is 1.10. The molecule has 0 atom stereocenters. The highest BCUT2D eigenvalue weighted by Gasteiger charge is 2.52. The average molecular weight is 729 g/mol. The summed E-state index contributed by atoms with van der Waals surface area (Å²) in [5.41, 5.74) is 23.0. The molecule has 8 aromatic carbocycles. The Bertz CT molecular complexity index is 2890. The van der Waals surface area contributed by atoms with Gasteiger partial charge in [-0.05, 0) is 124 Å². The van der Waals surface area contributed by atoms with Crippen LogP contribution in [0.1, 0.15) is 88.1 Å². The van der Waals surface area contributed by atoms with E-state index in [9.17, 15) is 4.79 Å². The number of benzene rings is 8. The monoisotopic (exact) mass is 728 g/mol. The van der Waals surface area contributed by atoms with Gasteiger partial charge in [0.25, 0.3) is 0 Å². The first kappa shape index (κ1) is 32.7. The first-order valence-electron chi connectivity index (χ1n) is 20.2. The lowest BCUT2D eigenvalue weighted by Gasteiger charge is -2.40. The van der Waals surface area contributed by atoms with Crippen LogP contribution in [0, 0.1) is 0 Å². The van der Waals surface area contributed by atoms with E-state index in [4.69, 9.17) is 0 Å². The zero-order valence-corrected chi connectivity index (χ0v) is 32.6. The molecule has 0 heterocycles. The quantitative estimate of drug-likeness (QED) is 0.173. The lowest BCUT2D eigenvalue weighted by molar-refractivity contribution is 0.103. The molecule has 0 N–H and O–H groups in total. The van der Waals surface area contributed by atoms with Crippen LogP contribution in [-0.2, 0) is 16.2 Å². The van der Waals surface area contributed by atoms with Gasteiger partial charge in [0, 0.05) is 22.0 Å². The number of rotatable bonds is 2. The molecule has 0 unspecified atom stereocenters. The summed E-state index contributed by atoms with van der Waals surface area (Å²) in [7, 11) is 0. The summed E-state index contributed by atoms with van der Waals surface area (Å²) in [6, 6.07) is 62.5. The van der Waals surface area contributed by atoms with Crippen LogP contribution < -0.4 is 0 Å². The van der Waals surface area contributed by atoms with Crippen molar-refractivity contribution in [3.8, 4) is 55.6 Å². The van der Waals surface area contributed by atoms with Crippen molar-refractivity contribution in [2.24, 2.45) is 0 Å². The second-order valence-corrected chi connectivity index (χ2v) is 17.6. The minimum atomic E-state index is -0.686. The summed E-state index contributed by atoms with van der Waals surface area (Å²) in [5, 5.41) is 0. The SMILES string of the molecule is CC1(C)c2ccccc2-c2cc(-c3ccc4c(c3)C3(c5cc(-c6ccc7c(c6)-c6ccccc6C7(C)C)ccc5C4=O)c4ccccc4-c4ccccc43)ccc21. The molecule has 12 rings (SSSR count). The fraction of sp³-hybridized carbons (Fsp3) is 0.125. The number of fused-ring (bicyclic) bond motifs is 15. The zero-order chi connectivity index (χ0) is 38.4. The second-order valence-electron chi connectivity index (χ2n) is 17.6. The van der Waals surface area contributed by atoms with E-state index in [0.29, 0.717) is 0 Å². The molecule has 270 valence electrons. The molecule has 0 aromatic heterocycles. The Hall–Kier alpha value is -6.57. The van der Waals surface area contributed by atoms with E-state index in [0.717, 1.165) is 44.5 Å². The molecule has 0 amide bonds. The van der Waals surface area contributed by atoms with E-state index in [2.05, 4.69) is 198 Å². The maximum Gasteiger partial charge on any atom is 0.193 e. The van der Waals surface area contributed by atoms with Crippen LogP contribution in [0.3, 0.4) is 0 Å². The minimum absolute atomic E-state index is 0.0616. The maximum atomic E-state index is 14.9. The van der Waals surface area contributed by atoms with E-state index in [1.165, 1.54) is 66.8 Å². The molecule has 1 nitrogen and oxygen atoms in total. The third-order valence-electron chi connectivity index (χ3n) is 14.1. The lowest BCUT2D eigenvalue weighted by Crippen LogP contribution is -2.36. The molecule has 0 saturated heterocycles. The normalized spacial score (nSPS) is 16.2. The van der Waals surface area contributed by atoms with Gasteiger partial charge in [-0.1, -0.05) is 173 Å². The number of carbonyl (C=O) groups is 1. The predicted molar refractivity (Wildman–Crippen MR) is 233 cm³/mol. The standard InChI is InChI=1S/C56H40O/c1-54(2)45-17-9-5-15-39(45)43-29-33(23-27-47(43)54)35-21-25-41-51(31-35)56(49-19-11-7-13-37(49)38-14-8-12-20-50(38)56)52-32-36(22-26-42(52)53(41)57)34-24-28-48-44(30-34)40-16-6-10-18-46(40)55(48,3)4/h5-32H,1-4H3. The zero-order valence-electron chi connectivity index (χ0n) is 32.6. The predicted octanol–water partition coefficient (Wildman–Crippen LogP) is 13.5. The molecule has 1 heteroatoms. The molecule has 4 aliphatic carbocycles. The van der Waals surface area contributed by atoms with Crippen molar-refractivity contribution in [3.63, 3.8) is 0 Å². The Labute approximate surface area is 334 Å². The van der Waals surface area contributed by atoms with Gasteiger partial charge in [-0.2, -0.15) is 0 Å². The van der Waals surface area contributed by atoms with Crippen molar-refractivity contribution in [3.05, 3.63) is 225 Å². The van der Waals surface area contributed by atoms with E-state index in [-0.39, 0.29) is 16.6 Å². The van der Waals surface area contributed by atoms with Gasteiger partial charge in [-0.25, -0.2) is 0 Å². The topological polar surface area (TPSA) is 17.1 Å². The van der Waals surface area contributed by atoms with Gasteiger partial charge in [0.05, 0.1) is 5.41 Å². The molecule has 0 bridgehead atoms. The van der Waals surface area contributed by atoms with E-state index < -0.39 is 5.41 Å². The van der Waals surface area contributed by atoms with Crippen molar-refractivity contribution in [1.82, 2.24) is 0 Å². The third kappa shape index (κ3) is 4.06. The first-order valence-corrected chi connectivity index (χ1v) is 20.2. The van der Waals surface area contributed by atoms with Crippen LogP contribution in [0.15, 0.2) is 170 Å². The van der Waals surface area contributed by atoms with Gasteiger partial charge < -0.3 is 0 Å². The van der Waals surface area contributed by atoms with Gasteiger partial charge in [0.2, 0.25) is 0 Å². The molecular weight excluding hydrogens is 689 g/mol. The molecule has 0 fully saturated rings. The summed E-state index contributed by atoms with van der Waals surface area (Å²) in [6.07, 6.45) is 0. The van der Waals surface area contributed by atoms with Crippen LogP contribution in [0.4, 0.5) is 0 Å². The smallest absolute Gasteiger partial charge is 0.193 e. The van der Waals surface area contributed by atoms with Crippen LogP contribution in [-0.4, -0.2) is 5.78 Å². The largest absolute Gasteiger partial charge is 0.289 e. The minimum Gasteiger partial charge on any atom is -0.289 e. The van der Waals surface area contributed by atoms with Crippen LogP contribution in [0.25, 0.3) is 55.6 Å². The maximum absolute atomic E-state index is 14.9. The summed E-state index contributed by atoms with van der Waals surface area (Å²) >= 11 is 0. The van der Waals surface area contributed by atoms with Crippen molar-refractivity contribution in [2.45, 2.75) is 43.9 Å². The van der Waals surface area contributed by atoms with Crippen LogP contribution in [0.5, 0.6) is 0 Å². The molecule has 4 aliphatic rings. The highest BCUT2D eigenvalue weighted by molar-refractivity contribution is 6.15. The summed E-state index contributed by atoms with van der Waals surface area (Å²) in [5.74, 6) is 0.0832. The Morgan fingerprint density at radius 2 is 0.596 bits per heavy atom. The summed E-state index contributed by atoms with van der Waals surface area (Å²) in [4.78, 5) is 14.9. The van der Waals surface area contributed by atoms with Gasteiger partial charge in [-0.3, -0.25) is 4.79 Å². The Morgan fingerprint density at radius 3 is 1.02 bits per heavy atom. The lowest BCUT2D eigenvalue weighted by atomic mass is 9.60. The molecule has 0 radical (unpaired) electrons. The highest BCUT2D eigenvalue weighted by Crippen LogP contribution is 2.60. The molecular formula is C56H40O. The van der Waals surface area contributed by atoms with Gasteiger partial charge >= 0.3 is 0 Å². The van der Waals surface area contributed by atoms with Gasteiger partial charge in [0.15, 0.2) is 5.78 Å². The van der Waals surface area contributed by atoms with Gasteiger partial charge in [0.1, 0.15) is 0 Å². The van der Waals surface area contributed by atoms with Crippen molar-refractivity contribution in [1.29, 1.82) is 0 Å². The number of hydrogen-bond acceptors (Lipinski definition) is 1. The third-order valence-corrected chi connectivity index (χ3v) is 14.1. The molecule has 1 spiro atoms. The Morgan fingerprint density at radius 1 is 0.281 bits per heavy atom. The first-order chi connectivity index (χ1) is 27.7. The van der Waals surface area contributed by atoms with E-state index in [1.807, 2.05) is 0 Å². The van der Waals surface area contributed by atoms with Crippen molar-refractivity contribution in [2.75, 3.05) is 0 Å². The molecule has 57 heavy (non-hydrogen) atoms. The van der Waals surface area contributed by atoms with Gasteiger partial charge in [-0.15, -0.1) is 0 Å². The number of ketones is 1. The molecule has 0 saturated carbocycles. The van der Waals surface area contributed by atoms with Crippen molar-refractivity contribution >= 4 is 5.78 Å². The summed E-state index contributed by atoms with van der Waals surface area (Å²) < 4.78 is 0. The number of carbonyl (C=O) groups excluding carboxylic acids is 1. The molecule has 0 aliphatic heterocycles. The highest BCUT2D eigenvalue weighted by atomic mass is 16.1. The summed E-state index contributed by atoms with van der Waals surface area (Å²) in [6.45, 7) is 9.31. The van der Waals surface area contributed by atoms with E-state index >= 15 is 0 Å². The van der Waals surface area contributed by atoms with Crippen molar-refractivity contribution < 1.29 is 4.79 Å².